The fourth-order valence-electron chi connectivity index (χ4n) is 1.05. The van der Waals surface area contributed by atoms with E-state index in [1.165, 1.54) is 0 Å². The summed E-state index contributed by atoms with van der Waals surface area (Å²) in [7, 11) is 0. The quantitative estimate of drug-likeness (QED) is 0.861. The maximum Gasteiger partial charge on any atom is 0.0644 e. The predicted molar refractivity (Wildman–Crippen MR) is 59.5 cm³/mol. The number of aliphatic hydroxyl groups excluding tert-OH is 1. The number of aliphatic hydroxyl groups is 1. The molecule has 1 N–H and O–H groups in total. The molecule has 1 aromatic carbocycles. The molecule has 1 rings (SSSR count). The van der Waals surface area contributed by atoms with Crippen molar-refractivity contribution in [3.8, 4) is 0 Å². The minimum absolute atomic E-state index is 0.145. The van der Waals surface area contributed by atoms with E-state index in [0.717, 1.165) is 22.0 Å². The third-order valence-corrected chi connectivity index (χ3v) is 2.43. The minimum Gasteiger partial charge on any atom is -0.392 e. The maximum atomic E-state index is 8.96. The molecule has 0 heterocycles. The molecule has 0 fully saturated rings. The van der Waals surface area contributed by atoms with Gasteiger partial charge in [-0.3, -0.25) is 0 Å². The zero-order valence-corrected chi connectivity index (χ0v) is 9.21. The van der Waals surface area contributed by atoms with Crippen molar-refractivity contribution < 1.29 is 5.11 Å². The van der Waals surface area contributed by atoms with Crippen LogP contribution in [0.25, 0.3) is 6.08 Å². The van der Waals surface area contributed by atoms with Crippen LogP contribution in [0.4, 0.5) is 0 Å². The van der Waals surface area contributed by atoms with Crippen molar-refractivity contribution in [2.24, 2.45) is 0 Å². The standard InChI is InChI=1S/C11H13BrO/c1-2-9(8-13)7-10-3-5-11(12)6-4-10/h3-7,13H,2,8H2,1H3. The molecule has 0 saturated heterocycles. The molecular formula is C11H13BrO. The molecule has 0 atom stereocenters. The van der Waals surface area contributed by atoms with Gasteiger partial charge in [0.05, 0.1) is 6.61 Å². The Bertz CT molecular complexity index is 281. The first kappa shape index (κ1) is 10.5. The van der Waals surface area contributed by atoms with Gasteiger partial charge in [-0.2, -0.15) is 0 Å². The molecule has 2 heteroatoms. The highest BCUT2D eigenvalue weighted by atomic mass is 79.9. The average Bonchev–Trinajstić information content (AvgIpc) is 2.17. The molecule has 0 aliphatic rings. The van der Waals surface area contributed by atoms with Gasteiger partial charge >= 0.3 is 0 Å². The molecule has 0 aliphatic heterocycles. The van der Waals surface area contributed by atoms with Crippen LogP contribution in [0.3, 0.4) is 0 Å². The molecule has 0 amide bonds. The topological polar surface area (TPSA) is 20.2 Å². The third-order valence-electron chi connectivity index (χ3n) is 1.90. The second kappa shape index (κ2) is 5.20. The number of halogens is 1. The highest BCUT2D eigenvalue weighted by Crippen LogP contribution is 2.13. The Kier molecular flexibility index (Phi) is 4.19. The van der Waals surface area contributed by atoms with Gasteiger partial charge in [0.2, 0.25) is 0 Å². The first-order chi connectivity index (χ1) is 6.26. The lowest BCUT2D eigenvalue weighted by molar-refractivity contribution is 0.329. The van der Waals surface area contributed by atoms with E-state index in [1.54, 1.807) is 0 Å². The van der Waals surface area contributed by atoms with Gasteiger partial charge in [-0.15, -0.1) is 0 Å². The van der Waals surface area contributed by atoms with Crippen LogP contribution < -0.4 is 0 Å². The van der Waals surface area contributed by atoms with Crippen molar-refractivity contribution in [2.45, 2.75) is 13.3 Å². The van der Waals surface area contributed by atoms with E-state index in [-0.39, 0.29) is 6.61 Å². The van der Waals surface area contributed by atoms with E-state index in [4.69, 9.17) is 5.11 Å². The van der Waals surface area contributed by atoms with Crippen LogP contribution in [0.15, 0.2) is 34.3 Å². The lowest BCUT2D eigenvalue weighted by Crippen LogP contribution is -1.87. The minimum atomic E-state index is 0.145. The molecule has 1 nitrogen and oxygen atoms in total. The zero-order chi connectivity index (χ0) is 9.68. The maximum absolute atomic E-state index is 8.96. The number of rotatable bonds is 3. The summed E-state index contributed by atoms with van der Waals surface area (Å²) in [4.78, 5) is 0. The molecule has 70 valence electrons. The Morgan fingerprint density at radius 2 is 2.00 bits per heavy atom. The predicted octanol–water partition coefficient (Wildman–Crippen LogP) is 3.23. The molecule has 0 radical (unpaired) electrons. The van der Waals surface area contributed by atoms with Crippen LogP contribution in [-0.2, 0) is 0 Å². The van der Waals surface area contributed by atoms with Gasteiger partial charge in [0.1, 0.15) is 0 Å². The summed E-state index contributed by atoms with van der Waals surface area (Å²) in [6, 6.07) is 8.04. The van der Waals surface area contributed by atoms with E-state index < -0.39 is 0 Å². The molecule has 0 saturated carbocycles. The van der Waals surface area contributed by atoms with Crippen LogP contribution in [0, 0.1) is 0 Å². The smallest absolute Gasteiger partial charge is 0.0644 e. The number of hydrogen-bond acceptors (Lipinski definition) is 1. The monoisotopic (exact) mass is 240 g/mol. The Labute approximate surface area is 87.2 Å². The summed E-state index contributed by atoms with van der Waals surface area (Å²) in [5, 5.41) is 8.96. The molecule has 0 unspecified atom stereocenters. The van der Waals surface area contributed by atoms with E-state index in [1.807, 2.05) is 37.3 Å². The van der Waals surface area contributed by atoms with E-state index >= 15 is 0 Å². The van der Waals surface area contributed by atoms with Crippen LogP contribution in [0.1, 0.15) is 18.9 Å². The van der Waals surface area contributed by atoms with Crippen LogP contribution >= 0.6 is 15.9 Å². The Balaban J connectivity index is 2.84. The van der Waals surface area contributed by atoms with Gasteiger partial charge < -0.3 is 5.11 Å². The van der Waals surface area contributed by atoms with Crippen LogP contribution in [-0.4, -0.2) is 11.7 Å². The molecule has 1 aromatic rings. The molecule has 0 aromatic heterocycles. The molecule has 0 spiro atoms. The number of benzene rings is 1. The van der Waals surface area contributed by atoms with E-state index in [0.29, 0.717) is 0 Å². The van der Waals surface area contributed by atoms with Crippen molar-refractivity contribution in [3.63, 3.8) is 0 Å². The molecule has 13 heavy (non-hydrogen) atoms. The van der Waals surface area contributed by atoms with E-state index in [9.17, 15) is 0 Å². The Morgan fingerprint density at radius 3 is 2.46 bits per heavy atom. The summed E-state index contributed by atoms with van der Waals surface area (Å²) in [5.74, 6) is 0. The van der Waals surface area contributed by atoms with Crippen molar-refractivity contribution in [1.82, 2.24) is 0 Å². The highest BCUT2D eigenvalue weighted by Gasteiger charge is 1.92. The SMILES string of the molecule is CCC(=Cc1ccc(Br)cc1)CO. The largest absolute Gasteiger partial charge is 0.392 e. The van der Waals surface area contributed by atoms with E-state index in [2.05, 4.69) is 15.9 Å². The van der Waals surface area contributed by atoms with Gasteiger partial charge in [0.15, 0.2) is 0 Å². The molecular weight excluding hydrogens is 228 g/mol. The Hall–Kier alpha value is -0.600. The molecule has 0 aliphatic carbocycles. The van der Waals surface area contributed by atoms with Crippen molar-refractivity contribution in [1.29, 1.82) is 0 Å². The van der Waals surface area contributed by atoms with Gasteiger partial charge in [0.25, 0.3) is 0 Å². The normalized spacial score (nSPS) is 11.8. The molecule has 0 bridgehead atoms. The second-order valence-electron chi connectivity index (χ2n) is 2.87. The summed E-state index contributed by atoms with van der Waals surface area (Å²) >= 11 is 3.38. The number of hydrogen-bond donors (Lipinski definition) is 1. The summed E-state index contributed by atoms with van der Waals surface area (Å²) in [6.07, 6.45) is 2.92. The highest BCUT2D eigenvalue weighted by molar-refractivity contribution is 9.10. The van der Waals surface area contributed by atoms with Crippen molar-refractivity contribution in [3.05, 3.63) is 39.9 Å². The zero-order valence-electron chi connectivity index (χ0n) is 7.63. The van der Waals surface area contributed by atoms with Gasteiger partial charge in [0, 0.05) is 4.47 Å². The van der Waals surface area contributed by atoms with Gasteiger partial charge in [-0.1, -0.05) is 41.1 Å². The average molecular weight is 241 g/mol. The summed E-state index contributed by atoms with van der Waals surface area (Å²) in [5.41, 5.74) is 2.19. The third kappa shape index (κ3) is 3.33. The Morgan fingerprint density at radius 1 is 1.38 bits per heavy atom. The summed E-state index contributed by atoms with van der Waals surface area (Å²) < 4.78 is 1.08. The fourth-order valence-corrected chi connectivity index (χ4v) is 1.32. The van der Waals surface area contributed by atoms with Crippen LogP contribution in [0.2, 0.25) is 0 Å². The first-order valence-corrected chi connectivity index (χ1v) is 5.11. The first-order valence-electron chi connectivity index (χ1n) is 4.32. The van der Waals surface area contributed by atoms with Crippen molar-refractivity contribution >= 4 is 22.0 Å². The van der Waals surface area contributed by atoms with Gasteiger partial charge in [-0.25, -0.2) is 0 Å². The lowest BCUT2D eigenvalue weighted by Gasteiger charge is -1.99. The summed E-state index contributed by atoms with van der Waals surface area (Å²) in [6.45, 7) is 2.19. The fraction of sp³-hybridized carbons (Fsp3) is 0.273. The lowest BCUT2D eigenvalue weighted by atomic mass is 10.1. The second-order valence-corrected chi connectivity index (χ2v) is 3.78. The van der Waals surface area contributed by atoms with Crippen LogP contribution in [0.5, 0.6) is 0 Å². The van der Waals surface area contributed by atoms with Gasteiger partial charge in [-0.05, 0) is 29.7 Å². The van der Waals surface area contributed by atoms with Crippen molar-refractivity contribution in [2.75, 3.05) is 6.61 Å².